The van der Waals surface area contributed by atoms with E-state index < -0.39 is 5.41 Å². The summed E-state index contributed by atoms with van der Waals surface area (Å²) in [5, 5.41) is 6.01. The highest BCUT2D eigenvalue weighted by atomic mass is 35.5. The van der Waals surface area contributed by atoms with Crippen molar-refractivity contribution < 1.29 is 9.53 Å². The molecule has 0 radical (unpaired) electrons. The lowest BCUT2D eigenvalue weighted by Crippen LogP contribution is -2.45. The molecule has 27 heavy (non-hydrogen) atoms. The first-order chi connectivity index (χ1) is 12.8. The van der Waals surface area contributed by atoms with Gasteiger partial charge in [0.15, 0.2) is 5.13 Å². The van der Waals surface area contributed by atoms with Crippen LogP contribution in [0.5, 0.6) is 0 Å². The van der Waals surface area contributed by atoms with Gasteiger partial charge in [0.05, 0.1) is 23.3 Å². The zero-order valence-corrected chi connectivity index (χ0v) is 17.7. The second kappa shape index (κ2) is 8.17. The van der Waals surface area contributed by atoms with E-state index in [2.05, 4.69) is 29.4 Å². The molecule has 2 unspecified atom stereocenters. The van der Waals surface area contributed by atoms with Gasteiger partial charge in [-0.25, -0.2) is 4.98 Å². The number of anilines is 2. The maximum Gasteiger partial charge on any atom is 0.231 e. The van der Waals surface area contributed by atoms with Crippen molar-refractivity contribution in [2.24, 2.45) is 5.41 Å². The fraction of sp³-hybridized carbons (Fsp3) is 0.500. The summed E-state index contributed by atoms with van der Waals surface area (Å²) in [4.78, 5) is 19.3. The van der Waals surface area contributed by atoms with Gasteiger partial charge < -0.3 is 15.0 Å². The van der Waals surface area contributed by atoms with E-state index in [1.807, 2.05) is 38.1 Å². The molecule has 3 rings (SSSR count). The number of morpholine rings is 1. The number of benzene rings is 1. The van der Waals surface area contributed by atoms with Gasteiger partial charge in [0.2, 0.25) is 5.91 Å². The maximum atomic E-state index is 12.2. The van der Waals surface area contributed by atoms with E-state index in [0.717, 1.165) is 35.2 Å². The zero-order valence-electron chi connectivity index (χ0n) is 16.2. The molecule has 0 bridgehead atoms. The molecule has 1 aliphatic rings. The van der Waals surface area contributed by atoms with E-state index in [0.29, 0.717) is 0 Å². The molecule has 5 nitrogen and oxygen atoms in total. The molecule has 1 aromatic carbocycles. The van der Waals surface area contributed by atoms with Gasteiger partial charge in [0.25, 0.3) is 0 Å². The summed E-state index contributed by atoms with van der Waals surface area (Å²) in [5.74, 6) is 0.189. The van der Waals surface area contributed by atoms with Crippen LogP contribution in [0.15, 0.2) is 29.6 Å². The molecule has 1 aromatic heterocycles. The van der Waals surface area contributed by atoms with E-state index in [-0.39, 0.29) is 24.0 Å². The van der Waals surface area contributed by atoms with Gasteiger partial charge in [0.1, 0.15) is 0 Å². The number of alkyl halides is 1. The number of halogens is 1. The summed E-state index contributed by atoms with van der Waals surface area (Å²) in [6.07, 6.45) is 0.419. The van der Waals surface area contributed by atoms with Crippen molar-refractivity contribution >= 4 is 39.7 Å². The van der Waals surface area contributed by atoms with Gasteiger partial charge in [0, 0.05) is 35.6 Å². The lowest BCUT2D eigenvalue weighted by molar-refractivity contribution is -0.122. The zero-order chi connectivity index (χ0) is 19.6. The summed E-state index contributed by atoms with van der Waals surface area (Å²) in [6.45, 7) is 9.56. The van der Waals surface area contributed by atoms with E-state index in [9.17, 15) is 4.79 Å². The highest BCUT2D eigenvalue weighted by Gasteiger charge is 2.27. The monoisotopic (exact) mass is 407 g/mol. The summed E-state index contributed by atoms with van der Waals surface area (Å²) in [7, 11) is 0. The number of nitrogens with one attached hydrogen (secondary N) is 1. The Morgan fingerprint density at radius 3 is 2.52 bits per heavy atom. The molecule has 2 heterocycles. The molecule has 1 aliphatic heterocycles. The normalized spacial score (nSPS) is 20.6. The van der Waals surface area contributed by atoms with Crippen LogP contribution in [0.4, 0.5) is 10.8 Å². The highest BCUT2D eigenvalue weighted by Crippen LogP contribution is 2.30. The van der Waals surface area contributed by atoms with Crippen LogP contribution in [-0.2, 0) is 9.53 Å². The average molecular weight is 408 g/mol. The SMILES string of the molecule is CC1CN(c2nc(-c3ccc(NC(=O)C(C)(C)CCl)cc3)cs2)CC(C)O1. The summed E-state index contributed by atoms with van der Waals surface area (Å²) in [5.41, 5.74) is 2.13. The molecule has 146 valence electrons. The Labute approximate surface area is 169 Å². The second-order valence-corrected chi connectivity index (χ2v) is 8.83. The van der Waals surface area contributed by atoms with Crippen molar-refractivity contribution in [1.29, 1.82) is 0 Å². The number of carbonyl (C=O) groups excluding carboxylic acids is 1. The van der Waals surface area contributed by atoms with Crippen molar-refractivity contribution in [1.82, 2.24) is 4.98 Å². The number of hydrogen-bond acceptors (Lipinski definition) is 5. The van der Waals surface area contributed by atoms with Crippen LogP contribution in [0.25, 0.3) is 11.3 Å². The minimum absolute atomic E-state index is 0.0863. The van der Waals surface area contributed by atoms with Gasteiger partial charge in [-0.2, -0.15) is 0 Å². The predicted molar refractivity (Wildman–Crippen MR) is 113 cm³/mol. The van der Waals surface area contributed by atoms with Crippen LogP contribution in [-0.4, -0.2) is 42.1 Å². The molecule has 0 aliphatic carbocycles. The molecular formula is C20H26ClN3O2S. The Bertz CT molecular complexity index is 781. The van der Waals surface area contributed by atoms with Gasteiger partial charge in [-0.15, -0.1) is 22.9 Å². The number of nitrogens with zero attached hydrogens (tertiary/aromatic N) is 2. The lowest BCUT2D eigenvalue weighted by Gasteiger charge is -2.35. The Kier molecular flexibility index (Phi) is 6.08. The molecule has 2 atom stereocenters. The number of carbonyl (C=O) groups is 1. The van der Waals surface area contributed by atoms with Crippen molar-refractivity contribution in [3.05, 3.63) is 29.6 Å². The summed E-state index contributed by atoms with van der Waals surface area (Å²) < 4.78 is 5.80. The number of amides is 1. The molecular weight excluding hydrogens is 382 g/mol. The summed E-state index contributed by atoms with van der Waals surface area (Å²) in [6, 6.07) is 7.75. The van der Waals surface area contributed by atoms with Crippen LogP contribution in [0.1, 0.15) is 27.7 Å². The van der Waals surface area contributed by atoms with Crippen molar-refractivity contribution in [2.45, 2.75) is 39.9 Å². The van der Waals surface area contributed by atoms with Gasteiger partial charge in [-0.1, -0.05) is 12.1 Å². The lowest BCUT2D eigenvalue weighted by atomic mass is 9.95. The molecule has 0 spiro atoms. The molecule has 1 saturated heterocycles. The minimum atomic E-state index is -0.601. The number of aromatic nitrogens is 1. The summed E-state index contributed by atoms with van der Waals surface area (Å²) >= 11 is 7.52. The van der Waals surface area contributed by atoms with E-state index in [1.54, 1.807) is 11.3 Å². The van der Waals surface area contributed by atoms with Crippen LogP contribution < -0.4 is 10.2 Å². The van der Waals surface area contributed by atoms with Gasteiger partial charge in [-0.05, 0) is 39.8 Å². The smallest absolute Gasteiger partial charge is 0.231 e. The molecule has 0 saturated carbocycles. The Hall–Kier alpha value is -1.63. The standard InChI is InChI=1S/C20H26ClN3O2S/c1-13-9-24(10-14(2)26-13)19-23-17(11-27-19)15-5-7-16(8-6-15)22-18(25)20(3,4)12-21/h5-8,11,13-14H,9-10,12H2,1-4H3,(H,22,25). The highest BCUT2D eigenvalue weighted by molar-refractivity contribution is 7.14. The third-order valence-corrected chi connectivity index (χ3v) is 6.14. The number of hydrogen-bond donors (Lipinski definition) is 1. The number of thiazole rings is 1. The second-order valence-electron chi connectivity index (χ2n) is 7.73. The maximum absolute atomic E-state index is 12.2. The van der Waals surface area contributed by atoms with E-state index >= 15 is 0 Å². The first kappa shape index (κ1) is 20.1. The quantitative estimate of drug-likeness (QED) is 0.734. The predicted octanol–water partition coefficient (Wildman–Crippen LogP) is 4.63. The largest absolute Gasteiger partial charge is 0.372 e. The fourth-order valence-corrected chi connectivity index (χ4v) is 3.94. The van der Waals surface area contributed by atoms with Crippen LogP contribution in [0.3, 0.4) is 0 Å². The van der Waals surface area contributed by atoms with Gasteiger partial charge >= 0.3 is 0 Å². The molecule has 2 aromatic rings. The number of ether oxygens (including phenoxy) is 1. The molecule has 1 fully saturated rings. The Balaban J connectivity index is 1.69. The molecule has 1 amide bonds. The van der Waals surface area contributed by atoms with E-state index in [4.69, 9.17) is 21.3 Å². The minimum Gasteiger partial charge on any atom is -0.372 e. The topological polar surface area (TPSA) is 54.5 Å². The Morgan fingerprint density at radius 1 is 1.30 bits per heavy atom. The van der Waals surface area contributed by atoms with Crippen LogP contribution >= 0.6 is 22.9 Å². The molecule has 1 N–H and O–H groups in total. The van der Waals surface area contributed by atoms with Crippen LogP contribution in [0.2, 0.25) is 0 Å². The van der Waals surface area contributed by atoms with E-state index in [1.165, 1.54) is 0 Å². The fourth-order valence-electron chi connectivity index (χ4n) is 2.96. The van der Waals surface area contributed by atoms with Crippen molar-refractivity contribution in [3.63, 3.8) is 0 Å². The van der Waals surface area contributed by atoms with Crippen LogP contribution in [0, 0.1) is 5.41 Å². The first-order valence-corrected chi connectivity index (χ1v) is 10.5. The average Bonchev–Trinajstić information content (AvgIpc) is 3.11. The van der Waals surface area contributed by atoms with Gasteiger partial charge in [-0.3, -0.25) is 4.79 Å². The molecule has 7 heteroatoms. The Morgan fingerprint density at radius 2 is 1.93 bits per heavy atom. The van der Waals surface area contributed by atoms with Crippen molar-refractivity contribution in [2.75, 3.05) is 29.2 Å². The number of rotatable bonds is 5. The first-order valence-electron chi connectivity index (χ1n) is 9.12. The third kappa shape index (κ3) is 4.81. The third-order valence-electron chi connectivity index (χ3n) is 4.57. The van der Waals surface area contributed by atoms with Crippen molar-refractivity contribution in [3.8, 4) is 11.3 Å².